The lowest BCUT2D eigenvalue weighted by Crippen LogP contribution is -2.47. The monoisotopic (exact) mass is 467 g/mol. The molecule has 7 heteroatoms. The maximum absolute atomic E-state index is 13.5. The Kier molecular flexibility index (Phi) is 7.62. The van der Waals surface area contributed by atoms with E-state index < -0.39 is 0 Å². The highest BCUT2D eigenvalue weighted by molar-refractivity contribution is 5.71. The van der Waals surface area contributed by atoms with E-state index in [-0.39, 0.29) is 5.82 Å². The van der Waals surface area contributed by atoms with Gasteiger partial charge in [0.1, 0.15) is 17.5 Å². The van der Waals surface area contributed by atoms with Gasteiger partial charge in [-0.3, -0.25) is 4.90 Å². The molecule has 2 aromatic rings. The maximum Gasteiger partial charge on any atom is 0.131 e. The van der Waals surface area contributed by atoms with Gasteiger partial charge in [0.05, 0.1) is 13.2 Å². The molecule has 1 aromatic carbocycles. The summed E-state index contributed by atoms with van der Waals surface area (Å²) in [5, 5.41) is 0. The van der Waals surface area contributed by atoms with Crippen molar-refractivity contribution >= 4 is 11.6 Å². The molecule has 3 aliphatic rings. The number of morpholine rings is 1. The minimum Gasteiger partial charge on any atom is -0.378 e. The second-order valence-corrected chi connectivity index (χ2v) is 10.1. The van der Waals surface area contributed by atoms with E-state index in [1.165, 1.54) is 50.8 Å². The number of hydrogen-bond acceptors (Lipinski definition) is 6. The number of benzene rings is 1. The molecule has 2 aliphatic heterocycles. The molecule has 3 fully saturated rings. The summed E-state index contributed by atoms with van der Waals surface area (Å²) >= 11 is 0. The van der Waals surface area contributed by atoms with Gasteiger partial charge in [-0.15, -0.1) is 0 Å². The summed E-state index contributed by atoms with van der Waals surface area (Å²) in [6.07, 6.45) is 6.28. The Labute approximate surface area is 202 Å². The highest BCUT2D eigenvalue weighted by Crippen LogP contribution is 2.30. The van der Waals surface area contributed by atoms with Crippen LogP contribution in [0.3, 0.4) is 0 Å². The molecular weight excluding hydrogens is 429 g/mol. The van der Waals surface area contributed by atoms with Crippen LogP contribution in [0.5, 0.6) is 0 Å². The first-order valence-electron chi connectivity index (χ1n) is 13.0. The van der Waals surface area contributed by atoms with Gasteiger partial charge in [-0.1, -0.05) is 12.1 Å². The van der Waals surface area contributed by atoms with E-state index in [9.17, 15) is 4.39 Å². The summed E-state index contributed by atoms with van der Waals surface area (Å²) in [5.41, 5.74) is 8.18. The van der Waals surface area contributed by atoms with E-state index in [4.69, 9.17) is 15.5 Å². The summed E-state index contributed by atoms with van der Waals surface area (Å²) < 4.78 is 19.1. The highest BCUT2D eigenvalue weighted by Gasteiger charge is 2.23. The molecule has 0 atom stereocenters. The SMILES string of the molecule is NC1CCC(CCN2CCN(c3cc(-c4ccc(F)cc4)cc(N4CCOCC4)n3)CC2)CC1. The van der Waals surface area contributed by atoms with Gasteiger partial charge in [0, 0.05) is 45.3 Å². The second kappa shape index (κ2) is 11.0. The highest BCUT2D eigenvalue weighted by atomic mass is 19.1. The molecule has 5 rings (SSSR count). The van der Waals surface area contributed by atoms with Crippen molar-refractivity contribution in [2.24, 2.45) is 11.7 Å². The number of piperazine rings is 1. The van der Waals surface area contributed by atoms with Crippen LogP contribution in [0, 0.1) is 11.7 Å². The van der Waals surface area contributed by atoms with E-state index in [2.05, 4.69) is 26.8 Å². The summed E-state index contributed by atoms with van der Waals surface area (Å²) in [6.45, 7) is 8.44. The van der Waals surface area contributed by atoms with Gasteiger partial charge in [0.25, 0.3) is 0 Å². The first kappa shape index (κ1) is 23.5. The summed E-state index contributed by atoms with van der Waals surface area (Å²) in [4.78, 5) is 12.4. The van der Waals surface area contributed by atoms with E-state index in [1.807, 2.05) is 12.1 Å². The van der Waals surface area contributed by atoms with E-state index in [0.29, 0.717) is 6.04 Å². The Morgan fingerprint density at radius 2 is 1.44 bits per heavy atom. The normalized spacial score (nSPS) is 24.4. The third kappa shape index (κ3) is 5.88. The zero-order valence-electron chi connectivity index (χ0n) is 20.2. The molecule has 2 N–H and O–H groups in total. The van der Waals surface area contributed by atoms with E-state index in [0.717, 1.165) is 81.2 Å². The molecule has 34 heavy (non-hydrogen) atoms. The van der Waals surface area contributed by atoms with Gasteiger partial charge < -0.3 is 20.3 Å². The molecule has 0 amide bonds. The maximum atomic E-state index is 13.5. The van der Waals surface area contributed by atoms with Gasteiger partial charge in [-0.25, -0.2) is 9.37 Å². The molecule has 1 aliphatic carbocycles. The number of nitrogens with zero attached hydrogens (tertiary/aromatic N) is 4. The Bertz CT molecular complexity index is 917. The van der Waals surface area contributed by atoms with Crippen LogP contribution in [0.15, 0.2) is 36.4 Å². The first-order valence-corrected chi connectivity index (χ1v) is 13.0. The molecule has 0 radical (unpaired) electrons. The van der Waals surface area contributed by atoms with Crippen LogP contribution in [-0.4, -0.2) is 75.0 Å². The fourth-order valence-electron chi connectivity index (χ4n) is 5.47. The predicted octanol–water partition coefficient (Wildman–Crippen LogP) is 3.75. The van der Waals surface area contributed by atoms with Crippen molar-refractivity contribution < 1.29 is 9.13 Å². The van der Waals surface area contributed by atoms with Crippen LogP contribution in [-0.2, 0) is 4.74 Å². The number of pyridine rings is 1. The topological polar surface area (TPSA) is 57.9 Å². The van der Waals surface area contributed by atoms with Crippen LogP contribution < -0.4 is 15.5 Å². The standard InChI is InChI=1S/C27H38FN5O/c28-24-5-3-22(4-6-24)23-19-26(30-27(20-23)33-15-17-34-18-16-33)32-13-11-31(12-14-32)10-9-21-1-7-25(29)8-2-21/h3-6,19-21,25H,1-2,7-18,29H2. The van der Waals surface area contributed by atoms with Crippen LogP contribution >= 0.6 is 0 Å². The van der Waals surface area contributed by atoms with Crippen LogP contribution in [0.4, 0.5) is 16.0 Å². The number of ether oxygens (including phenoxy) is 1. The molecular formula is C27H38FN5O. The van der Waals surface area contributed by atoms with Gasteiger partial charge in [-0.2, -0.15) is 0 Å². The average Bonchev–Trinajstić information content (AvgIpc) is 2.89. The largest absolute Gasteiger partial charge is 0.378 e. The van der Waals surface area contributed by atoms with Crippen molar-refractivity contribution in [2.45, 2.75) is 38.1 Å². The van der Waals surface area contributed by atoms with Crippen LogP contribution in [0.25, 0.3) is 11.1 Å². The Morgan fingerprint density at radius 1 is 0.824 bits per heavy atom. The number of hydrogen-bond donors (Lipinski definition) is 1. The van der Waals surface area contributed by atoms with Gasteiger partial charge >= 0.3 is 0 Å². The molecule has 3 heterocycles. The fourth-order valence-corrected chi connectivity index (χ4v) is 5.47. The summed E-state index contributed by atoms with van der Waals surface area (Å²) in [6, 6.07) is 11.5. The zero-order chi connectivity index (χ0) is 23.3. The molecule has 1 saturated carbocycles. The smallest absolute Gasteiger partial charge is 0.131 e. The number of halogens is 1. The fraction of sp³-hybridized carbons (Fsp3) is 0.593. The lowest BCUT2D eigenvalue weighted by molar-refractivity contribution is 0.122. The third-order valence-electron chi connectivity index (χ3n) is 7.75. The molecule has 184 valence electrons. The second-order valence-electron chi connectivity index (χ2n) is 10.1. The van der Waals surface area contributed by atoms with Crippen molar-refractivity contribution in [1.82, 2.24) is 9.88 Å². The molecule has 0 unspecified atom stereocenters. The lowest BCUT2D eigenvalue weighted by atomic mass is 9.84. The molecule has 2 saturated heterocycles. The van der Waals surface area contributed by atoms with Gasteiger partial charge in [0.2, 0.25) is 0 Å². The third-order valence-corrected chi connectivity index (χ3v) is 7.75. The number of rotatable bonds is 6. The van der Waals surface area contributed by atoms with E-state index in [1.54, 1.807) is 0 Å². The molecule has 6 nitrogen and oxygen atoms in total. The van der Waals surface area contributed by atoms with Crippen molar-refractivity contribution in [1.29, 1.82) is 0 Å². The van der Waals surface area contributed by atoms with Gasteiger partial charge in [0.15, 0.2) is 0 Å². The van der Waals surface area contributed by atoms with Crippen molar-refractivity contribution in [2.75, 3.05) is 68.8 Å². The Morgan fingerprint density at radius 3 is 2.09 bits per heavy atom. The lowest BCUT2D eigenvalue weighted by Gasteiger charge is -2.37. The van der Waals surface area contributed by atoms with Crippen LogP contribution in [0.2, 0.25) is 0 Å². The first-order chi connectivity index (χ1) is 16.6. The zero-order valence-corrected chi connectivity index (χ0v) is 20.2. The number of anilines is 2. The van der Waals surface area contributed by atoms with Gasteiger partial charge in [-0.05, 0) is 80.0 Å². The summed E-state index contributed by atoms with van der Waals surface area (Å²) in [7, 11) is 0. The van der Waals surface area contributed by atoms with E-state index >= 15 is 0 Å². The van der Waals surface area contributed by atoms with Crippen molar-refractivity contribution in [3.05, 3.63) is 42.2 Å². The molecule has 1 aromatic heterocycles. The van der Waals surface area contributed by atoms with Crippen molar-refractivity contribution in [3.63, 3.8) is 0 Å². The quantitative estimate of drug-likeness (QED) is 0.698. The Hall–Kier alpha value is -2.22. The minimum absolute atomic E-state index is 0.210. The number of nitrogens with two attached hydrogens (primary N) is 1. The molecule has 0 spiro atoms. The predicted molar refractivity (Wildman–Crippen MR) is 136 cm³/mol. The van der Waals surface area contributed by atoms with Crippen molar-refractivity contribution in [3.8, 4) is 11.1 Å². The Balaban J connectivity index is 1.26. The average molecular weight is 468 g/mol. The minimum atomic E-state index is -0.210. The number of aromatic nitrogens is 1. The molecule has 0 bridgehead atoms. The summed E-state index contributed by atoms with van der Waals surface area (Å²) in [5.74, 6) is 2.64. The van der Waals surface area contributed by atoms with Crippen LogP contribution in [0.1, 0.15) is 32.1 Å².